The van der Waals surface area contributed by atoms with E-state index in [1.54, 1.807) is 0 Å². The van der Waals surface area contributed by atoms with Crippen LogP contribution in [0.5, 0.6) is 0 Å². The Kier molecular flexibility index (Phi) is 2.61. The van der Waals surface area contributed by atoms with E-state index in [-0.39, 0.29) is 0 Å². The second-order valence-corrected chi connectivity index (χ2v) is 5.57. The van der Waals surface area contributed by atoms with E-state index in [1.807, 2.05) is 0 Å². The van der Waals surface area contributed by atoms with Crippen molar-refractivity contribution in [1.29, 1.82) is 0 Å². The second kappa shape index (κ2) is 3.49. The molecule has 0 amide bonds. The minimum Gasteiger partial charge on any atom is -0.377 e. The highest BCUT2D eigenvalue weighted by Gasteiger charge is 2.52. The first-order valence-electron chi connectivity index (χ1n) is 5.93. The van der Waals surface area contributed by atoms with Crippen molar-refractivity contribution >= 4 is 0 Å². The van der Waals surface area contributed by atoms with Gasteiger partial charge in [-0.25, -0.2) is 0 Å². The van der Waals surface area contributed by atoms with Crippen LogP contribution < -0.4 is 0 Å². The molecule has 82 valence electrons. The van der Waals surface area contributed by atoms with Gasteiger partial charge in [-0.3, -0.25) is 4.90 Å². The third-order valence-corrected chi connectivity index (χ3v) is 3.88. The summed E-state index contributed by atoms with van der Waals surface area (Å²) in [6.45, 7) is 11.3. The molecular weight excluding hydrogens is 174 g/mol. The maximum atomic E-state index is 5.43. The van der Waals surface area contributed by atoms with Gasteiger partial charge < -0.3 is 4.74 Å². The van der Waals surface area contributed by atoms with E-state index in [2.05, 4.69) is 32.6 Å². The van der Waals surface area contributed by atoms with Crippen molar-refractivity contribution in [3.8, 4) is 0 Å². The van der Waals surface area contributed by atoms with E-state index in [0.717, 1.165) is 25.2 Å². The predicted octanol–water partition coefficient (Wildman–Crippen LogP) is 2.28. The molecule has 2 heterocycles. The number of ether oxygens (including phenoxy) is 1. The highest BCUT2D eigenvalue weighted by molar-refractivity contribution is 5.06. The van der Waals surface area contributed by atoms with Crippen LogP contribution in [0, 0.1) is 5.92 Å². The molecule has 2 heteroatoms. The Morgan fingerprint density at radius 1 is 1.21 bits per heavy atom. The molecule has 2 aliphatic heterocycles. The van der Waals surface area contributed by atoms with Gasteiger partial charge in [0.25, 0.3) is 0 Å². The zero-order valence-corrected chi connectivity index (χ0v) is 9.92. The molecule has 2 nitrogen and oxygen atoms in total. The fraction of sp³-hybridized carbons (Fsp3) is 1.00. The molecule has 0 unspecified atom stereocenters. The molecule has 0 radical (unpaired) electrons. The van der Waals surface area contributed by atoms with Gasteiger partial charge in [-0.2, -0.15) is 0 Å². The molecule has 0 bridgehead atoms. The summed E-state index contributed by atoms with van der Waals surface area (Å²) in [7, 11) is 0. The van der Waals surface area contributed by atoms with Crippen molar-refractivity contribution in [2.24, 2.45) is 5.92 Å². The van der Waals surface area contributed by atoms with Gasteiger partial charge >= 0.3 is 0 Å². The van der Waals surface area contributed by atoms with Crippen molar-refractivity contribution in [3.05, 3.63) is 0 Å². The number of rotatable bonds is 2. The van der Waals surface area contributed by atoms with Gasteiger partial charge in [0, 0.05) is 12.1 Å². The molecule has 0 aromatic carbocycles. The van der Waals surface area contributed by atoms with E-state index in [9.17, 15) is 0 Å². The molecule has 2 aliphatic rings. The van der Waals surface area contributed by atoms with Crippen LogP contribution in [0.25, 0.3) is 0 Å². The van der Waals surface area contributed by atoms with Crippen molar-refractivity contribution < 1.29 is 4.74 Å². The Bertz CT molecular complexity index is 208. The van der Waals surface area contributed by atoms with E-state index in [0.29, 0.717) is 11.6 Å². The Morgan fingerprint density at radius 3 is 2.21 bits per heavy atom. The van der Waals surface area contributed by atoms with Gasteiger partial charge in [0.1, 0.15) is 0 Å². The van der Waals surface area contributed by atoms with Crippen LogP contribution in [-0.4, -0.2) is 35.7 Å². The van der Waals surface area contributed by atoms with E-state index in [4.69, 9.17) is 4.74 Å². The van der Waals surface area contributed by atoms with E-state index in [1.165, 1.54) is 12.8 Å². The fourth-order valence-corrected chi connectivity index (χ4v) is 3.25. The monoisotopic (exact) mass is 197 g/mol. The number of hydrogen-bond donors (Lipinski definition) is 0. The minimum atomic E-state index is 0.420. The third kappa shape index (κ3) is 1.40. The lowest BCUT2D eigenvalue weighted by atomic mass is 9.93. The van der Waals surface area contributed by atoms with Gasteiger partial charge in [0.2, 0.25) is 0 Å². The summed E-state index contributed by atoms with van der Waals surface area (Å²) < 4.78 is 5.43. The summed E-state index contributed by atoms with van der Waals surface area (Å²) in [5.74, 6) is 0.775. The quantitative estimate of drug-likeness (QED) is 0.673. The average molecular weight is 197 g/mol. The number of likely N-dealkylation sites (tertiary alicyclic amines) is 1. The molecule has 2 fully saturated rings. The minimum absolute atomic E-state index is 0.420. The first-order valence-corrected chi connectivity index (χ1v) is 5.93. The lowest BCUT2D eigenvalue weighted by Gasteiger charge is -2.49. The molecule has 0 aromatic heterocycles. The Balaban J connectivity index is 2.16. The van der Waals surface area contributed by atoms with E-state index < -0.39 is 0 Å². The van der Waals surface area contributed by atoms with Crippen LogP contribution in [0.3, 0.4) is 0 Å². The van der Waals surface area contributed by atoms with Gasteiger partial charge in [0.15, 0.2) is 0 Å². The summed E-state index contributed by atoms with van der Waals surface area (Å²) in [5.41, 5.74) is 0.420. The molecule has 1 spiro atoms. The van der Waals surface area contributed by atoms with Crippen LogP contribution in [0.4, 0.5) is 0 Å². The standard InChI is InChI=1S/C12H23NO/c1-9(2)11-5-6-12(7-14-8-12)13(11)10(3)4/h9-11H,5-8H2,1-4H3/t11-/m0/s1. The molecular formula is C12H23NO. The summed E-state index contributed by atoms with van der Waals surface area (Å²) in [4.78, 5) is 2.72. The van der Waals surface area contributed by atoms with Gasteiger partial charge in [-0.1, -0.05) is 13.8 Å². The van der Waals surface area contributed by atoms with Crippen LogP contribution in [-0.2, 0) is 4.74 Å². The normalized spacial score (nSPS) is 31.7. The average Bonchev–Trinajstić information content (AvgIpc) is 2.41. The highest BCUT2D eigenvalue weighted by Crippen LogP contribution is 2.42. The zero-order chi connectivity index (χ0) is 10.3. The zero-order valence-electron chi connectivity index (χ0n) is 9.92. The molecule has 14 heavy (non-hydrogen) atoms. The summed E-state index contributed by atoms with van der Waals surface area (Å²) in [6, 6.07) is 1.44. The number of nitrogens with zero attached hydrogens (tertiary/aromatic N) is 1. The maximum absolute atomic E-state index is 5.43. The smallest absolute Gasteiger partial charge is 0.0683 e. The third-order valence-electron chi connectivity index (χ3n) is 3.88. The number of hydrogen-bond acceptors (Lipinski definition) is 2. The first kappa shape index (κ1) is 10.4. The van der Waals surface area contributed by atoms with Gasteiger partial charge in [0.05, 0.1) is 18.8 Å². The molecule has 2 rings (SSSR count). The summed E-state index contributed by atoms with van der Waals surface area (Å²) in [5, 5.41) is 0. The van der Waals surface area contributed by atoms with Crippen molar-refractivity contribution in [3.63, 3.8) is 0 Å². The van der Waals surface area contributed by atoms with Crippen LogP contribution in [0.2, 0.25) is 0 Å². The second-order valence-electron chi connectivity index (χ2n) is 5.57. The van der Waals surface area contributed by atoms with E-state index >= 15 is 0 Å². The summed E-state index contributed by atoms with van der Waals surface area (Å²) in [6.07, 6.45) is 2.70. The van der Waals surface area contributed by atoms with Crippen molar-refractivity contribution in [2.45, 2.75) is 58.2 Å². The SMILES string of the molecule is CC(C)[C@@H]1CCC2(COC2)N1C(C)C. The predicted molar refractivity (Wildman–Crippen MR) is 58.4 cm³/mol. The van der Waals surface area contributed by atoms with Crippen LogP contribution >= 0.6 is 0 Å². The Morgan fingerprint density at radius 2 is 1.86 bits per heavy atom. The topological polar surface area (TPSA) is 12.5 Å². The molecule has 0 aliphatic carbocycles. The summed E-state index contributed by atoms with van der Waals surface area (Å²) >= 11 is 0. The molecule has 0 saturated carbocycles. The lowest BCUT2D eigenvalue weighted by molar-refractivity contribution is -0.143. The molecule has 0 N–H and O–H groups in total. The van der Waals surface area contributed by atoms with Crippen LogP contribution in [0.1, 0.15) is 40.5 Å². The van der Waals surface area contributed by atoms with Gasteiger partial charge in [-0.15, -0.1) is 0 Å². The molecule has 0 aromatic rings. The molecule has 1 atom stereocenters. The van der Waals surface area contributed by atoms with Crippen LogP contribution in [0.15, 0.2) is 0 Å². The highest BCUT2D eigenvalue weighted by atomic mass is 16.5. The molecule has 2 saturated heterocycles. The Hall–Kier alpha value is -0.0800. The fourth-order valence-electron chi connectivity index (χ4n) is 3.25. The largest absolute Gasteiger partial charge is 0.377 e. The lowest BCUT2D eigenvalue weighted by Crippen LogP contribution is -2.63. The Labute approximate surface area is 87.6 Å². The van der Waals surface area contributed by atoms with Gasteiger partial charge in [-0.05, 0) is 32.6 Å². The first-order chi connectivity index (χ1) is 6.57. The maximum Gasteiger partial charge on any atom is 0.0683 e. The van der Waals surface area contributed by atoms with Crippen molar-refractivity contribution in [2.75, 3.05) is 13.2 Å². The van der Waals surface area contributed by atoms with Crippen molar-refractivity contribution in [1.82, 2.24) is 4.90 Å².